The molecule has 5 rings (SSSR count). The number of anilines is 1. The highest BCUT2D eigenvalue weighted by Gasteiger charge is 2.41. The SMILES string of the molecule is CCc1ccc(Oc2ccc([C@H]3[C@H](O)CN(C(=O)[C@@H](N)[C@@H](C)CC)C[C@@H]3OCc3ccc4c(c3)N(CCCOC)CCO4)cc2)cc1. The molecular formula is C38H51N3O6. The first-order valence-electron chi connectivity index (χ1n) is 17.0. The highest BCUT2D eigenvalue weighted by Crippen LogP contribution is 2.36. The number of hydrogen-bond acceptors (Lipinski definition) is 8. The maximum absolute atomic E-state index is 13.5. The lowest BCUT2D eigenvalue weighted by molar-refractivity contribution is -0.144. The molecule has 47 heavy (non-hydrogen) atoms. The third-order valence-corrected chi connectivity index (χ3v) is 9.53. The number of hydrogen-bond donors (Lipinski definition) is 2. The number of nitrogens with two attached hydrogens (primary N) is 1. The Hall–Kier alpha value is -3.63. The molecule has 3 aromatic rings. The minimum atomic E-state index is -0.830. The number of aliphatic hydroxyl groups is 1. The number of carbonyl (C=O) groups is 1. The second-order valence-electron chi connectivity index (χ2n) is 12.7. The number of amides is 1. The predicted octanol–water partition coefficient (Wildman–Crippen LogP) is 5.52. The van der Waals surface area contributed by atoms with Gasteiger partial charge in [-0.05, 0) is 71.8 Å². The maximum Gasteiger partial charge on any atom is 0.239 e. The molecule has 5 atom stereocenters. The normalized spacial score (nSPS) is 20.7. The number of benzene rings is 3. The smallest absolute Gasteiger partial charge is 0.239 e. The minimum absolute atomic E-state index is 0.0343. The van der Waals surface area contributed by atoms with Crippen molar-refractivity contribution in [3.8, 4) is 17.2 Å². The molecule has 1 amide bonds. The molecule has 3 N–H and O–H groups in total. The van der Waals surface area contributed by atoms with E-state index < -0.39 is 18.2 Å². The first-order valence-corrected chi connectivity index (χ1v) is 17.0. The maximum atomic E-state index is 13.5. The van der Waals surface area contributed by atoms with Crippen molar-refractivity contribution in [1.29, 1.82) is 0 Å². The third-order valence-electron chi connectivity index (χ3n) is 9.53. The number of methoxy groups -OCH3 is 1. The predicted molar refractivity (Wildman–Crippen MR) is 184 cm³/mol. The molecule has 2 heterocycles. The summed E-state index contributed by atoms with van der Waals surface area (Å²) >= 11 is 0. The summed E-state index contributed by atoms with van der Waals surface area (Å²) in [6, 6.07) is 21.4. The van der Waals surface area contributed by atoms with Crippen LogP contribution in [-0.2, 0) is 27.3 Å². The Kier molecular flexibility index (Phi) is 12.2. The second kappa shape index (κ2) is 16.5. The minimum Gasteiger partial charge on any atom is -0.490 e. The van der Waals surface area contributed by atoms with Crippen LogP contribution in [0.3, 0.4) is 0 Å². The average Bonchev–Trinajstić information content (AvgIpc) is 3.10. The van der Waals surface area contributed by atoms with Crippen LogP contribution in [-0.4, -0.2) is 80.7 Å². The van der Waals surface area contributed by atoms with Gasteiger partial charge in [0, 0.05) is 39.3 Å². The molecule has 1 saturated heterocycles. The van der Waals surface area contributed by atoms with Crippen molar-refractivity contribution in [2.45, 2.75) is 70.8 Å². The number of piperidine rings is 1. The van der Waals surface area contributed by atoms with Gasteiger partial charge in [0.15, 0.2) is 0 Å². The average molecular weight is 646 g/mol. The van der Waals surface area contributed by atoms with E-state index in [-0.39, 0.29) is 24.3 Å². The molecule has 2 aliphatic heterocycles. The van der Waals surface area contributed by atoms with Crippen LogP contribution in [0.15, 0.2) is 66.7 Å². The number of β-amino-alcohol motifs (C(OH)–C–C–N with tert-alkyl or cyclic N) is 1. The fraction of sp³-hybridized carbons (Fsp3) is 0.500. The first-order chi connectivity index (χ1) is 22.8. The molecule has 1 fully saturated rings. The topological polar surface area (TPSA) is 107 Å². The summed E-state index contributed by atoms with van der Waals surface area (Å²) in [4.78, 5) is 17.5. The van der Waals surface area contributed by atoms with Crippen LogP contribution in [0.5, 0.6) is 17.2 Å². The molecule has 9 nitrogen and oxygen atoms in total. The molecule has 0 aromatic heterocycles. The van der Waals surface area contributed by atoms with Crippen molar-refractivity contribution in [1.82, 2.24) is 4.90 Å². The third kappa shape index (κ3) is 8.65. The Morgan fingerprint density at radius 1 is 1.02 bits per heavy atom. The van der Waals surface area contributed by atoms with E-state index in [1.165, 1.54) is 5.56 Å². The van der Waals surface area contributed by atoms with E-state index in [4.69, 9.17) is 24.7 Å². The van der Waals surface area contributed by atoms with Crippen molar-refractivity contribution in [2.75, 3.05) is 51.4 Å². The second-order valence-corrected chi connectivity index (χ2v) is 12.7. The van der Waals surface area contributed by atoms with Crippen LogP contribution < -0.4 is 20.1 Å². The highest BCUT2D eigenvalue weighted by molar-refractivity contribution is 5.82. The Morgan fingerprint density at radius 3 is 2.40 bits per heavy atom. The largest absolute Gasteiger partial charge is 0.490 e. The zero-order chi connectivity index (χ0) is 33.3. The fourth-order valence-corrected chi connectivity index (χ4v) is 6.40. The van der Waals surface area contributed by atoms with E-state index in [1.807, 2.05) is 62.4 Å². The van der Waals surface area contributed by atoms with Gasteiger partial charge in [-0.15, -0.1) is 0 Å². The molecule has 0 spiro atoms. The molecule has 0 aliphatic carbocycles. The number of ether oxygens (including phenoxy) is 4. The molecule has 0 unspecified atom stereocenters. The lowest BCUT2D eigenvalue weighted by Crippen LogP contribution is -2.57. The van der Waals surface area contributed by atoms with Crippen molar-refractivity contribution in [2.24, 2.45) is 11.7 Å². The number of likely N-dealkylation sites (tertiary alicyclic amines) is 1. The summed E-state index contributed by atoms with van der Waals surface area (Å²) in [5, 5.41) is 11.6. The van der Waals surface area contributed by atoms with Gasteiger partial charge in [0.25, 0.3) is 0 Å². The summed E-state index contributed by atoms with van der Waals surface area (Å²) in [5.41, 5.74) is 10.6. The van der Waals surface area contributed by atoms with Crippen molar-refractivity contribution in [3.63, 3.8) is 0 Å². The van der Waals surface area contributed by atoms with Crippen LogP contribution in [0, 0.1) is 5.92 Å². The lowest BCUT2D eigenvalue weighted by atomic mass is 9.84. The summed E-state index contributed by atoms with van der Waals surface area (Å²) < 4.78 is 23.9. The first kappa shape index (κ1) is 34.7. The van der Waals surface area contributed by atoms with Gasteiger partial charge in [-0.25, -0.2) is 0 Å². The molecule has 2 aliphatic rings. The van der Waals surface area contributed by atoms with Gasteiger partial charge in [-0.3, -0.25) is 4.79 Å². The van der Waals surface area contributed by atoms with E-state index in [0.29, 0.717) is 32.1 Å². The number of rotatable bonds is 14. The van der Waals surface area contributed by atoms with Gasteiger partial charge in [0.05, 0.1) is 37.1 Å². The standard InChI is InChI=1S/C38H51N3O6/c1-5-26(3)37(39)38(43)41-23-33(42)36(29-11-15-31(16-12-29)47-30-13-8-27(6-2)9-14-30)35(24-41)46-25-28-10-17-34-32(22-28)40(19-21-45-34)18-7-20-44-4/h8-17,22,26,33,35-37,42H,5-7,18-21,23-25,39H2,1-4H3/t26-,33+,35-,36-,37-/m0/s1. The van der Waals surface area contributed by atoms with Gasteiger partial charge in [0.2, 0.25) is 5.91 Å². The molecule has 3 aromatic carbocycles. The molecular weight excluding hydrogens is 594 g/mol. The highest BCUT2D eigenvalue weighted by atomic mass is 16.5. The molecule has 0 saturated carbocycles. The Morgan fingerprint density at radius 2 is 1.72 bits per heavy atom. The van der Waals surface area contributed by atoms with Crippen molar-refractivity contribution >= 4 is 11.6 Å². The summed E-state index contributed by atoms with van der Waals surface area (Å²) in [5.74, 6) is 1.88. The number of aliphatic hydroxyl groups excluding tert-OH is 1. The van der Waals surface area contributed by atoms with E-state index in [2.05, 4.69) is 30.0 Å². The summed E-state index contributed by atoms with van der Waals surface area (Å²) in [6.07, 6.45) is 1.42. The van der Waals surface area contributed by atoms with Crippen LogP contribution >= 0.6 is 0 Å². The van der Waals surface area contributed by atoms with Crippen LogP contribution in [0.4, 0.5) is 5.69 Å². The monoisotopic (exact) mass is 645 g/mol. The molecule has 0 bridgehead atoms. The zero-order valence-electron chi connectivity index (χ0n) is 28.3. The van der Waals surface area contributed by atoms with Gasteiger partial charge in [-0.1, -0.05) is 57.5 Å². The van der Waals surface area contributed by atoms with Gasteiger partial charge < -0.3 is 39.6 Å². The van der Waals surface area contributed by atoms with E-state index in [9.17, 15) is 9.90 Å². The number of nitrogens with zero attached hydrogens (tertiary/aromatic N) is 2. The zero-order valence-corrected chi connectivity index (χ0v) is 28.3. The van der Waals surface area contributed by atoms with Crippen LogP contribution in [0.1, 0.15) is 56.2 Å². The molecule has 254 valence electrons. The summed E-state index contributed by atoms with van der Waals surface area (Å²) in [7, 11) is 1.72. The van der Waals surface area contributed by atoms with E-state index in [0.717, 1.165) is 60.7 Å². The summed E-state index contributed by atoms with van der Waals surface area (Å²) in [6.45, 7) is 10.0. The number of carbonyl (C=O) groups excluding carboxylic acids is 1. The van der Waals surface area contributed by atoms with E-state index >= 15 is 0 Å². The van der Waals surface area contributed by atoms with Gasteiger partial charge in [0.1, 0.15) is 23.9 Å². The Bertz CT molecular complexity index is 1430. The van der Waals surface area contributed by atoms with E-state index in [1.54, 1.807) is 12.0 Å². The van der Waals surface area contributed by atoms with Gasteiger partial charge in [-0.2, -0.15) is 0 Å². The Balaban J connectivity index is 1.34. The quantitative estimate of drug-likeness (QED) is 0.221. The number of fused-ring (bicyclic) bond motifs is 1. The van der Waals surface area contributed by atoms with Crippen LogP contribution in [0.2, 0.25) is 0 Å². The lowest BCUT2D eigenvalue weighted by Gasteiger charge is -2.43. The van der Waals surface area contributed by atoms with Crippen molar-refractivity contribution in [3.05, 3.63) is 83.4 Å². The molecule has 0 radical (unpaired) electrons. The Labute approximate surface area is 279 Å². The van der Waals surface area contributed by atoms with Crippen molar-refractivity contribution < 1.29 is 28.8 Å². The number of aryl methyl sites for hydroxylation is 1. The van der Waals surface area contributed by atoms with Gasteiger partial charge >= 0.3 is 0 Å². The van der Waals surface area contributed by atoms with Crippen LogP contribution in [0.25, 0.3) is 0 Å². The fourth-order valence-electron chi connectivity index (χ4n) is 6.40. The molecule has 9 heteroatoms.